The predicted octanol–water partition coefficient (Wildman–Crippen LogP) is 5.92. The minimum absolute atomic E-state index is 0.255. The van der Waals surface area contributed by atoms with Crippen LogP contribution in [0.15, 0.2) is 48.5 Å². The summed E-state index contributed by atoms with van der Waals surface area (Å²) >= 11 is 0. The fourth-order valence-electron chi connectivity index (χ4n) is 1.72. The number of aryl methyl sites for hydroxylation is 1. The van der Waals surface area contributed by atoms with Crippen LogP contribution in [-0.4, -0.2) is 33.0 Å². The highest BCUT2D eigenvalue weighted by Crippen LogP contribution is 2.22. The van der Waals surface area contributed by atoms with E-state index in [0.29, 0.717) is 6.42 Å². The van der Waals surface area contributed by atoms with Crippen molar-refractivity contribution >= 4 is 19.4 Å². The lowest BCUT2D eigenvalue weighted by molar-refractivity contribution is -0.116. The molecule has 0 aliphatic heterocycles. The van der Waals surface area contributed by atoms with E-state index >= 15 is 0 Å². The minimum Gasteiger partial charge on any atom is -0.497 e. The van der Waals surface area contributed by atoms with Crippen LogP contribution in [0.3, 0.4) is 0 Å². The molecule has 0 radical (unpaired) electrons. The van der Waals surface area contributed by atoms with Gasteiger partial charge in [0.25, 0.3) is 0 Å². The van der Waals surface area contributed by atoms with Gasteiger partial charge in [0.15, 0.2) is 0 Å². The van der Waals surface area contributed by atoms with Crippen molar-refractivity contribution in [2.45, 2.75) is 60.8 Å². The van der Waals surface area contributed by atoms with E-state index in [1.54, 1.807) is 14.0 Å². The Balaban J connectivity index is -0.000000203. The Kier molecular flexibility index (Phi) is 33.8. The van der Waals surface area contributed by atoms with E-state index in [2.05, 4.69) is 50.2 Å². The second kappa shape index (κ2) is 29.4. The first-order valence-corrected chi connectivity index (χ1v) is 10.5. The molecule has 0 saturated heterocycles. The molecule has 2 aromatic rings. The van der Waals surface area contributed by atoms with Crippen LogP contribution in [0.2, 0.25) is 0 Å². The summed E-state index contributed by atoms with van der Waals surface area (Å²) in [6, 6.07) is 16.8. The third-order valence-electron chi connectivity index (χ3n) is 3.57. The number of benzene rings is 2. The lowest BCUT2D eigenvalue weighted by atomic mass is 10.0. The molecule has 0 aromatic heterocycles. The SMILES string of the molecule is C=O.C=O.CC.CCC(C)=O.CCCN.CCc1ccc(-c2ccc(OC)cc2)cc1. The highest BCUT2D eigenvalue weighted by atomic mass is 16.5. The Labute approximate surface area is 190 Å². The molecule has 2 aromatic carbocycles. The fourth-order valence-corrected chi connectivity index (χ4v) is 1.72. The summed E-state index contributed by atoms with van der Waals surface area (Å²) in [7, 11) is 1.69. The zero-order valence-corrected chi connectivity index (χ0v) is 20.6. The van der Waals surface area contributed by atoms with Crippen LogP contribution in [0.5, 0.6) is 5.75 Å². The molecule has 2 N–H and O–H groups in total. The fraction of sp³-hybridized carbons (Fsp3) is 0.423. The molecule has 0 aliphatic carbocycles. The van der Waals surface area contributed by atoms with Crippen LogP contribution in [0.1, 0.15) is 59.9 Å². The molecule has 0 bridgehead atoms. The number of carbonyl (C=O) groups excluding carboxylic acids is 3. The van der Waals surface area contributed by atoms with E-state index in [1.165, 1.54) is 16.7 Å². The van der Waals surface area contributed by atoms with Gasteiger partial charge in [-0.15, -0.1) is 0 Å². The number of rotatable bonds is 5. The predicted molar refractivity (Wildman–Crippen MR) is 134 cm³/mol. The van der Waals surface area contributed by atoms with Crippen molar-refractivity contribution in [2.75, 3.05) is 13.7 Å². The molecule has 5 nitrogen and oxygen atoms in total. The van der Waals surface area contributed by atoms with E-state index in [0.717, 1.165) is 25.1 Å². The van der Waals surface area contributed by atoms with Gasteiger partial charge in [0.1, 0.15) is 25.1 Å². The largest absolute Gasteiger partial charge is 0.497 e. The van der Waals surface area contributed by atoms with Crippen LogP contribution in [-0.2, 0) is 20.8 Å². The highest BCUT2D eigenvalue weighted by molar-refractivity contribution is 5.74. The summed E-state index contributed by atoms with van der Waals surface area (Å²) in [6.07, 6.45) is 2.85. The van der Waals surface area contributed by atoms with Crippen LogP contribution in [0, 0.1) is 0 Å². The monoisotopic (exact) mass is 433 g/mol. The van der Waals surface area contributed by atoms with Crippen molar-refractivity contribution in [3.8, 4) is 16.9 Å². The van der Waals surface area contributed by atoms with Crippen LogP contribution in [0.4, 0.5) is 0 Å². The number of ether oxygens (including phenoxy) is 1. The zero-order chi connectivity index (χ0) is 25.1. The molecule has 31 heavy (non-hydrogen) atoms. The van der Waals surface area contributed by atoms with Crippen LogP contribution in [0.25, 0.3) is 11.1 Å². The van der Waals surface area contributed by atoms with Gasteiger partial charge in [-0.2, -0.15) is 0 Å². The number of Topliss-reactive ketones (excluding diaryl/α,β-unsaturated/α-hetero) is 1. The Hall–Kier alpha value is -2.79. The molecule has 2 rings (SSSR count). The maximum atomic E-state index is 9.81. The van der Waals surface area contributed by atoms with E-state index in [1.807, 2.05) is 46.5 Å². The number of nitrogens with two attached hydrogens (primary N) is 1. The molecule has 0 saturated carbocycles. The molecule has 176 valence electrons. The first-order valence-electron chi connectivity index (χ1n) is 10.5. The number of methoxy groups -OCH3 is 1. The first-order chi connectivity index (χ1) is 15.0. The molecule has 0 aliphatic rings. The number of hydrogen-bond acceptors (Lipinski definition) is 5. The lowest BCUT2D eigenvalue weighted by Crippen LogP contribution is -1.93. The highest BCUT2D eigenvalue weighted by Gasteiger charge is 1.98. The molecular formula is C26H43NO4. The summed E-state index contributed by atoms with van der Waals surface area (Å²) in [4.78, 5) is 25.8. The van der Waals surface area contributed by atoms with Gasteiger partial charge in [0, 0.05) is 6.42 Å². The maximum absolute atomic E-state index is 9.81. The Bertz CT molecular complexity index is 561. The van der Waals surface area contributed by atoms with Gasteiger partial charge < -0.3 is 24.9 Å². The van der Waals surface area contributed by atoms with Gasteiger partial charge in [0.2, 0.25) is 0 Å². The van der Waals surface area contributed by atoms with Crippen molar-refractivity contribution < 1.29 is 19.1 Å². The second-order valence-corrected chi connectivity index (χ2v) is 5.62. The lowest BCUT2D eigenvalue weighted by Gasteiger charge is -2.04. The molecule has 0 fully saturated rings. The quantitative estimate of drug-likeness (QED) is 0.632. The average molecular weight is 434 g/mol. The second-order valence-electron chi connectivity index (χ2n) is 5.62. The topological polar surface area (TPSA) is 86.5 Å². The van der Waals surface area contributed by atoms with Gasteiger partial charge in [0.05, 0.1) is 7.11 Å². The standard InChI is InChI=1S/C15H16O.C4H8O.C3H9N.C2H6.2CH2O/c1-3-12-4-6-13(7-5-12)14-8-10-15(16-2)11-9-14;1-3-4(2)5;1-2-3-4;3*1-2/h4-11H,3H2,1-2H3;3H2,1-2H3;2-4H2,1H3;1-2H3;2*1H2. The van der Waals surface area contributed by atoms with Gasteiger partial charge >= 0.3 is 0 Å². The van der Waals surface area contributed by atoms with Gasteiger partial charge in [-0.1, -0.05) is 71.0 Å². The zero-order valence-electron chi connectivity index (χ0n) is 20.6. The van der Waals surface area contributed by atoms with Crippen molar-refractivity contribution in [1.82, 2.24) is 0 Å². The van der Waals surface area contributed by atoms with Crippen molar-refractivity contribution in [3.63, 3.8) is 0 Å². The van der Waals surface area contributed by atoms with E-state index in [4.69, 9.17) is 20.1 Å². The van der Waals surface area contributed by atoms with Gasteiger partial charge in [-0.05, 0) is 55.1 Å². The van der Waals surface area contributed by atoms with Crippen molar-refractivity contribution in [3.05, 3.63) is 54.1 Å². The van der Waals surface area contributed by atoms with Gasteiger partial charge in [-0.3, -0.25) is 0 Å². The summed E-state index contributed by atoms with van der Waals surface area (Å²) in [5.74, 6) is 1.15. The van der Waals surface area contributed by atoms with Gasteiger partial charge in [-0.25, -0.2) is 0 Å². The van der Waals surface area contributed by atoms with Crippen molar-refractivity contribution in [1.29, 1.82) is 0 Å². The minimum atomic E-state index is 0.255. The summed E-state index contributed by atoms with van der Waals surface area (Å²) < 4.78 is 5.14. The molecule has 0 heterocycles. The first kappa shape index (κ1) is 35.6. The molecule has 0 atom stereocenters. The molecule has 0 spiro atoms. The Morgan fingerprint density at radius 2 is 1.16 bits per heavy atom. The Morgan fingerprint density at radius 3 is 1.39 bits per heavy atom. The van der Waals surface area contributed by atoms with E-state index in [9.17, 15) is 4.79 Å². The summed E-state index contributed by atoms with van der Waals surface area (Å²) in [5, 5.41) is 0. The maximum Gasteiger partial charge on any atom is 0.129 e. The number of carbonyl (C=O) groups is 3. The molecular weight excluding hydrogens is 390 g/mol. The van der Waals surface area contributed by atoms with E-state index in [-0.39, 0.29) is 5.78 Å². The summed E-state index contributed by atoms with van der Waals surface area (Å²) in [6.45, 7) is 16.5. The third kappa shape index (κ3) is 21.7. The van der Waals surface area contributed by atoms with Crippen LogP contribution < -0.4 is 10.5 Å². The number of ketones is 1. The van der Waals surface area contributed by atoms with Crippen molar-refractivity contribution in [2.24, 2.45) is 5.73 Å². The third-order valence-corrected chi connectivity index (χ3v) is 3.57. The summed E-state index contributed by atoms with van der Waals surface area (Å²) in [5.41, 5.74) is 8.88. The number of hydrogen-bond donors (Lipinski definition) is 1. The smallest absolute Gasteiger partial charge is 0.129 e. The van der Waals surface area contributed by atoms with Crippen LogP contribution >= 0.6 is 0 Å². The molecule has 5 heteroatoms. The van der Waals surface area contributed by atoms with E-state index < -0.39 is 0 Å². The molecule has 0 unspecified atom stereocenters. The molecule has 0 amide bonds. The Morgan fingerprint density at radius 1 is 0.839 bits per heavy atom. The average Bonchev–Trinajstić information content (AvgIpc) is 2.88. The normalized spacial score (nSPS) is 7.87.